The molecule has 2 aliphatic heterocycles. The molecule has 0 bridgehead atoms. The summed E-state index contributed by atoms with van der Waals surface area (Å²) in [5.74, 6) is 0.234. The van der Waals surface area contributed by atoms with Gasteiger partial charge in [0.1, 0.15) is 17.2 Å². The van der Waals surface area contributed by atoms with Crippen molar-refractivity contribution in [2.24, 2.45) is 0 Å². The Labute approximate surface area is 99.2 Å². The van der Waals surface area contributed by atoms with Gasteiger partial charge in [-0.3, -0.25) is 0 Å². The third kappa shape index (κ3) is 1.91. The van der Waals surface area contributed by atoms with Crippen molar-refractivity contribution in [2.45, 2.75) is 31.0 Å². The molecule has 4 heteroatoms. The first-order chi connectivity index (χ1) is 8.19. The second-order valence-corrected chi connectivity index (χ2v) is 4.84. The van der Waals surface area contributed by atoms with Crippen LogP contribution < -0.4 is 4.74 Å². The van der Waals surface area contributed by atoms with Crippen molar-refractivity contribution in [1.29, 1.82) is 0 Å². The largest absolute Gasteiger partial charge is 0.484 e. The van der Waals surface area contributed by atoms with Gasteiger partial charge in [0, 0.05) is 18.6 Å². The molecule has 0 amide bonds. The lowest BCUT2D eigenvalue weighted by atomic mass is 9.85. The Hall–Kier alpha value is -1.13. The highest BCUT2D eigenvalue weighted by molar-refractivity contribution is 5.38. The highest BCUT2D eigenvalue weighted by Crippen LogP contribution is 2.43. The van der Waals surface area contributed by atoms with E-state index in [2.05, 4.69) is 0 Å². The zero-order valence-corrected chi connectivity index (χ0v) is 9.49. The number of aliphatic hydroxyl groups is 1. The minimum Gasteiger partial charge on any atom is -0.484 e. The SMILES string of the molecule is O[C@H]1CC2(CCCOC2)Oc2ccc(F)cc21. The van der Waals surface area contributed by atoms with Crippen molar-refractivity contribution in [3.8, 4) is 5.75 Å². The van der Waals surface area contributed by atoms with Crippen molar-refractivity contribution in [1.82, 2.24) is 0 Å². The maximum Gasteiger partial charge on any atom is 0.135 e. The third-order valence-corrected chi connectivity index (χ3v) is 3.51. The molecule has 0 radical (unpaired) electrons. The van der Waals surface area contributed by atoms with Crippen LogP contribution in [0.25, 0.3) is 0 Å². The molecule has 17 heavy (non-hydrogen) atoms. The van der Waals surface area contributed by atoms with Crippen LogP contribution >= 0.6 is 0 Å². The van der Waals surface area contributed by atoms with Gasteiger partial charge in [-0.25, -0.2) is 4.39 Å². The number of benzene rings is 1. The molecular weight excluding hydrogens is 223 g/mol. The van der Waals surface area contributed by atoms with E-state index >= 15 is 0 Å². The highest BCUT2D eigenvalue weighted by atomic mass is 19.1. The van der Waals surface area contributed by atoms with Gasteiger partial charge < -0.3 is 14.6 Å². The fraction of sp³-hybridized carbons (Fsp3) is 0.538. The summed E-state index contributed by atoms with van der Waals surface area (Å²) in [7, 11) is 0. The molecule has 2 heterocycles. The van der Waals surface area contributed by atoms with Crippen LogP contribution in [0.2, 0.25) is 0 Å². The van der Waals surface area contributed by atoms with Gasteiger partial charge in [0.25, 0.3) is 0 Å². The lowest BCUT2D eigenvalue weighted by Crippen LogP contribution is -2.47. The number of hydrogen-bond acceptors (Lipinski definition) is 3. The van der Waals surface area contributed by atoms with E-state index in [0.29, 0.717) is 24.3 Å². The normalized spacial score (nSPS) is 32.0. The summed E-state index contributed by atoms with van der Waals surface area (Å²) in [6, 6.07) is 4.29. The van der Waals surface area contributed by atoms with Gasteiger partial charge >= 0.3 is 0 Å². The standard InChI is InChI=1S/C13H15FO3/c14-9-2-3-12-10(6-9)11(15)7-13(17-12)4-1-5-16-8-13/h2-3,6,11,15H,1,4-5,7-8H2/t11-,13?/m0/s1. The minimum atomic E-state index is -0.670. The van der Waals surface area contributed by atoms with E-state index in [4.69, 9.17) is 9.47 Å². The quantitative estimate of drug-likeness (QED) is 0.753. The fourth-order valence-electron chi connectivity index (χ4n) is 2.68. The molecule has 3 rings (SSSR count). The average molecular weight is 238 g/mol. The van der Waals surface area contributed by atoms with Crippen LogP contribution in [-0.4, -0.2) is 23.9 Å². The van der Waals surface area contributed by atoms with Crippen molar-refractivity contribution in [3.05, 3.63) is 29.6 Å². The predicted molar refractivity (Wildman–Crippen MR) is 59.4 cm³/mol. The second-order valence-electron chi connectivity index (χ2n) is 4.84. The number of aliphatic hydroxyl groups excluding tert-OH is 1. The van der Waals surface area contributed by atoms with E-state index in [0.717, 1.165) is 19.4 Å². The number of halogens is 1. The average Bonchev–Trinajstić information content (AvgIpc) is 2.31. The molecule has 1 aromatic rings. The van der Waals surface area contributed by atoms with Crippen LogP contribution in [0.4, 0.5) is 4.39 Å². The molecule has 1 unspecified atom stereocenters. The van der Waals surface area contributed by atoms with Crippen LogP contribution in [0, 0.1) is 5.82 Å². The van der Waals surface area contributed by atoms with E-state index in [9.17, 15) is 9.50 Å². The summed E-state index contributed by atoms with van der Waals surface area (Å²) in [6.07, 6.45) is 1.62. The molecule has 1 N–H and O–H groups in total. The van der Waals surface area contributed by atoms with E-state index in [1.807, 2.05) is 0 Å². The van der Waals surface area contributed by atoms with Crippen molar-refractivity contribution in [3.63, 3.8) is 0 Å². The maximum atomic E-state index is 13.1. The Bertz CT molecular complexity index is 427. The van der Waals surface area contributed by atoms with Crippen LogP contribution in [-0.2, 0) is 4.74 Å². The molecule has 0 aliphatic carbocycles. The van der Waals surface area contributed by atoms with Gasteiger partial charge in [-0.2, -0.15) is 0 Å². The van der Waals surface area contributed by atoms with Crippen molar-refractivity contribution in [2.75, 3.05) is 13.2 Å². The summed E-state index contributed by atoms with van der Waals surface area (Å²) in [6.45, 7) is 1.25. The lowest BCUT2D eigenvalue weighted by Gasteiger charge is -2.42. The Morgan fingerprint density at radius 3 is 3.06 bits per heavy atom. The first-order valence-electron chi connectivity index (χ1n) is 5.93. The van der Waals surface area contributed by atoms with Gasteiger partial charge in [-0.15, -0.1) is 0 Å². The van der Waals surface area contributed by atoms with E-state index in [1.54, 1.807) is 6.07 Å². The molecule has 2 aliphatic rings. The van der Waals surface area contributed by atoms with Gasteiger partial charge in [-0.1, -0.05) is 0 Å². The molecule has 0 saturated carbocycles. The molecule has 3 nitrogen and oxygen atoms in total. The Balaban J connectivity index is 1.94. The summed E-state index contributed by atoms with van der Waals surface area (Å²) in [5, 5.41) is 10.1. The molecule has 1 spiro atoms. The first kappa shape index (κ1) is 11.0. The molecular formula is C13H15FO3. The number of rotatable bonds is 0. The van der Waals surface area contributed by atoms with Crippen LogP contribution in [0.1, 0.15) is 30.9 Å². The van der Waals surface area contributed by atoms with Gasteiger partial charge in [0.15, 0.2) is 0 Å². The maximum absolute atomic E-state index is 13.1. The van der Waals surface area contributed by atoms with Gasteiger partial charge in [-0.05, 0) is 31.0 Å². The smallest absolute Gasteiger partial charge is 0.135 e. The second kappa shape index (κ2) is 3.96. The summed E-state index contributed by atoms with van der Waals surface area (Å²) < 4.78 is 24.5. The fourth-order valence-corrected chi connectivity index (χ4v) is 2.68. The molecule has 1 saturated heterocycles. The van der Waals surface area contributed by atoms with Gasteiger partial charge in [0.05, 0.1) is 12.7 Å². The molecule has 2 atom stereocenters. The summed E-state index contributed by atoms with van der Waals surface area (Å²) in [4.78, 5) is 0. The van der Waals surface area contributed by atoms with Crippen LogP contribution in [0.15, 0.2) is 18.2 Å². The highest BCUT2D eigenvalue weighted by Gasteiger charge is 2.42. The molecule has 92 valence electrons. The number of ether oxygens (including phenoxy) is 2. The van der Waals surface area contributed by atoms with Crippen molar-refractivity contribution < 1.29 is 19.0 Å². The van der Waals surface area contributed by atoms with Crippen molar-refractivity contribution >= 4 is 0 Å². The van der Waals surface area contributed by atoms with Gasteiger partial charge in [0.2, 0.25) is 0 Å². The van der Waals surface area contributed by atoms with E-state index in [1.165, 1.54) is 12.1 Å². The summed E-state index contributed by atoms with van der Waals surface area (Å²) >= 11 is 0. The Morgan fingerprint density at radius 2 is 2.29 bits per heavy atom. The van der Waals surface area contributed by atoms with Crippen LogP contribution in [0.3, 0.4) is 0 Å². The number of fused-ring (bicyclic) bond motifs is 1. The molecule has 0 aromatic heterocycles. The monoisotopic (exact) mass is 238 g/mol. The zero-order chi connectivity index (χ0) is 11.9. The van der Waals surface area contributed by atoms with E-state index < -0.39 is 11.7 Å². The zero-order valence-electron chi connectivity index (χ0n) is 9.49. The first-order valence-corrected chi connectivity index (χ1v) is 5.93. The Kier molecular flexibility index (Phi) is 2.56. The molecule has 1 fully saturated rings. The lowest BCUT2D eigenvalue weighted by molar-refractivity contribution is -0.103. The summed E-state index contributed by atoms with van der Waals surface area (Å²) in [5.41, 5.74) is 0.115. The number of hydrogen-bond donors (Lipinski definition) is 1. The minimum absolute atomic E-state index is 0.345. The third-order valence-electron chi connectivity index (χ3n) is 3.51. The van der Waals surface area contributed by atoms with Crippen LogP contribution in [0.5, 0.6) is 5.75 Å². The Morgan fingerprint density at radius 1 is 1.41 bits per heavy atom. The topological polar surface area (TPSA) is 38.7 Å². The van der Waals surface area contributed by atoms with E-state index in [-0.39, 0.29) is 5.82 Å². The molecule has 1 aromatic carbocycles. The predicted octanol–water partition coefficient (Wildman–Crippen LogP) is 2.19.